The van der Waals surface area contributed by atoms with Crippen LogP contribution in [-0.4, -0.2) is 21.1 Å². The Balaban J connectivity index is 2.55. The normalized spacial score (nSPS) is 17.9. The van der Waals surface area contributed by atoms with Crippen molar-refractivity contribution in [2.45, 2.75) is 23.0 Å². The van der Waals surface area contributed by atoms with Gasteiger partial charge in [-0.3, -0.25) is 14.9 Å². The van der Waals surface area contributed by atoms with E-state index in [2.05, 4.69) is 0 Å². The lowest BCUT2D eigenvalue weighted by atomic mass is 10.0. The number of hydrogen-bond donors (Lipinski definition) is 1. The highest BCUT2D eigenvalue weighted by atomic mass is 32.2. The van der Waals surface area contributed by atoms with Crippen molar-refractivity contribution in [3.63, 3.8) is 0 Å². The van der Waals surface area contributed by atoms with E-state index in [1.807, 2.05) is 6.07 Å². The van der Waals surface area contributed by atoms with Crippen LogP contribution in [0.4, 0.5) is 5.69 Å². The molecule has 0 bridgehead atoms. The molecule has 7 heteroatoms. The molecule has 6 nitrogen and oxygen atoms in total. The predicted molar refractivity (Wildman–Crippen MR) is 63.6 cm³/mol. The monoisotopic (exact) mass is 264 g/mol. The highest BCUT2D eigenvalue weighted by Gasteiger charge is 2.33. The largest absolute Gasteiger partial charge is 0.507 e. The van der Waals surface area contributed by atoms with E-state index in [4.69, 9.17) is 5.26 Å². The molecule has 1 heterocycles. The van der Waals surface area contributed by atoms with Crippen molar-refractivity contribution >= 4 is 23.2 Å². The molecule has 1 unspecified atom stereocenters. The Morgan fingerprint density at radius 1 is 1.61 bits per heavy atom. The molecule has 0 radical (unpaired) electrons. The zero-order valence-corrected chi connectivity index (χ0v) is 9.94. The number of nitrogens with zero attached hydrogens (tertiary/aromatic N) is 2. The molecule has 1 aromatic carbocycles. The van der Waals surface area contributed by atoms with Gasteiger partial charge in [0.25, 0.3) is 5.69 Å². The first kappa shape index (κ1) is 12.4. The van der Waals surface area contributed by atoms with E-state index in [0.29, 0.717) is 0 Å². The molecule has 18 heavy (non-hydrogen) atoms. The fourth-order valence-electron chi connectivity index (χ4n) is 1.83. The summed E-state index contributed by atoms with van der Waals surface area (Å²) in [6.45, 7) is 0. The molecule has 0 saturated heterocycles. The van der Waals surface area contributed by atoms with Crippen LogP contribution in [0.3, 0.4) is 0 Å². The molecule has 2 rings (SSSR count). The second-order valence-corrected chi connectivity index (χ2v) is 5.11. The molecule has 1 aromatic rings. The molecule has 0 spiro atoms. The maximum absolute atomic E-state index is 11.9. The van der Waals surface area contributed by atoms with E-state index in [0.717, 1.165) is 17.8 Å². The van der Waals surface area contributed by atoms with Crippen LogP contribution >= 0.6 is 11.8 Å². The lowest BCUT2D eigenvalue weighted by molar-refractivity contribution is -0.387. The van der Waals surface area contributed by atoms with Crippen LogP contribution in [-0.2, 0) is 0 Å². The standard InChI is InChI=1S/C11H8N2O4S/c12-4-3-6-5-9(15)10-8(14)2-1-7(13(16)17)11(10)18-6/h1-2,6,14H,3,5H2. The van der Waals surface area contributed by atoms with Crippen LogP contribution in [0.1, 0.15) is 23.2 Å². The SMILES string of the molecule is N#CCC1CC(=O)c2c(O)ccc([N+](=O)[O-])c2S1. The number of benzene rings is 1. The first-order chi connectivity index (χ1) is 8.54. The molecule has 0 saturated carbocycles. The maximum Gasteiger partial charge on any atom is 0.283 e. The number of nitro groups is 1. The third kappa shape index (κ3) is 2.02. The fraction of sp³-hybridized carbons (Fsp3) is 0.273. The fourth-order valence-corrected chi connectivity index (χ4v) is 3.15. The predicted octanol–water partition coefficient (Wildman–Crippen LogP) is 2.26. The number of Topliss-reactive ketones (excluding diaryl/α,β-unsaturated/α-hetero) is 1. The Morgan fingerprint density at radius 3 is 2.94 bits per heavy atom. The number of nitriles is 1. The van der Waals surface area contributed by atoms with Crippen LogP contribution in [0.25, 0.3) is 0 Å². The highest BCUT2D eigenvalue weighted by molar-refractivity contribution is 8.00. The maximum atomic E-state index is 11.9. The number of phenols is 1. The van der Waals surface area contributed by atoms with Gasteiger partial charge < -0.3 is 5.11 Å². The van der Waals surface area contributed by atoms with Gasteiger partial charge in [-0.1, -0.05) is 0 Å². The zero-order valence-electron chi connectivity index (χ0n) is 9.12. The molecule has 0 aromatic heterocycles. The summed E-state index contributed by atoms with van der Waals surface area (Å²) in [4.78, 5) is 22.3. The van der Waals surface area contributed by atoms with E-state index in [9.17, 15) is 20.0 Å². The van der Waals surface area contributed by atoms with E-state index >= 15 is 0 Å². The summed E-state index contributed by atoms with van der Waals surface area (Å²) in [5.74, 6) is -0.603. The minimum atomic E-state index is -0.590. The second kappa shape index (κ2) is 4.66. The van der Waals surface area contributed by atoms with Gasteiger partial charge in [0.05, 0.1) is 16.6 Å². The van der Waals surface area contributed by atoms with Crippen LogP contribution < -0.4 is 0 Å². The third-order valence-electron chi connectivity index (χ3n) is 2.61. The van der Waals surface area contributed by atoms with Gasteiger partial charge in [0.15, 0.2) is 5.78 Å². The highest BCUT2D eigenvalue weighted by Crippen LogP contribution is 2.45. The number of thioether (sulfide) groups is 1. The zero-order chi connectivity index (χ0) is 13.3. The molecule has 1 N–H and O–H groups in total. The second-order valence-electron chi connectivity index (χ2n) is 3.79. The van der Waals surface area contributed by atoms with Gasteiger partial charge in [-0.05, 0) is 6.07 Å². The molecular formula is C11H8N2O4S. The van der Waals surface area contributed by atoms with E-state index in [-0.39, 0.29) is 45.8 Å². The Hall–Kier alpha value is -2.07. The van der Waals surface area contributed by atoms with Crippen molar-refractivity contribution < 1.29 is 14.8 Å². The molecule has 1 atom stereocenters. The summed E-state index contributed by atoms with van der Waals surface area (Å²) in [7, 11) is 0. The average molecular weight is 264 g/mol. The lowest BCUT2D eigenvalue weighted by Crippen LogP contribution is -2.18. The average Bonchev–Trinajstić information content (AvgIpc) is 2.28. The summed E-state index contributed by atoms with van der Waals surface area (Å²) in [6, 6.07) is 4.27. The Kier molecular flexibility index (Phi) is 3.21. The lowest BCUT2D eigenvalue weighted by Gasteiger charge is -2.21. The van der Waals surface area contributed by atoms with Gasteiger partial charge in [-0.2, -0.15) is 5.26 Å². The molecular weight excluding hydrogens is 256 g/mol. The number of carbonyl (C=O) groups is 1. The van der Waals surface area contributed by atoms with E-state index in [1.54, 1.807) is 0 Å². The van der Waals surface area contributed by atoms with Gasteiger partial charge in [-0.25, -0.2) is 0 Å². The van der Waals surface area contributed by atoms with Crippen LogP contribution in [0.2, 0.25) is 0 Å². The Labute approximate surface area is 106 Å². The van der Waals surface area contributed by atoms with Gasteiger partial charge >= 0.3 is 0 Å². The van der Waals surface area contributed by atoms with E-state index in [1.165, 1.54) is 6.07 Å². The van der Waals surface area contributed by atoms with Gasteiger partial charge in [0.2, 0.25) is 0 Å². The smallest absolute Gasteiger partial charge is 0.283 e. The molecule has 0 amide bonds. The number of aromatic hydroxyl groups is 1. The number of carbonyl (C=O) groups excluding carboxylic acids is 1. The van der Waals surface area contributed by atoms with Crippen molar-refractivity contribution in [1.82, 2.24) is 0 Å². The number of rotatable bonds is 2. The minimum Gasteiger partial charge on any atom is -0.507 e. The molecule has 0 aliphatic carbocycles. The number of fused-ring (bicyclic) bond motifs is 1. The van der Waals surface area contributed by atoms with Crippen molar-refractivity contribution in [2.24, 2.45) is 0 Å². The Bertz CT molecular complexity index is 579. The van der Waals surface area contributed by atoms with Crippen molar-refractivity contribution in [3.8, 4) is 11.8 Å². The topological polar surface area (TPSA) is 104 Å². The van der Waals surface area contributed by atoms with Gasteiger partial charge in [-0.15, -0.1) is 11.8 Å². The summed E-state index contributed by atoms with van der Waals surface area (Å²) in [5.41, 5.74) is -0.202. The minimum absolute atomic E-state index is 0.00314. The summed E-state index contributed by atoms with van der Waals surface area (Å²) < 4.78 is 0. The molecule has 1 aliphatic rings. The van der Waals surface area contributed by atoms with Crippen LogP contribution in [0.15, 0.2) is 17.0 Å². The Morgan fingerprint density at radius 2 is 2.33 bits per heavy atom. The number of hydrogen-bond acceptors (Lipinski definition) is 6. The summed E-state index contributed by atoms with van der Waals surface area (Å²) in [6.07, 6.45) is 0.253. The van der Waals surface area contributed by atoms with Crippen molar-refractivity contribution in [3.05, 3.63) is 27.8 Å². The van der Waals surface area contributed by atoms with Crippen LogP contribution in [0.5, 0.6) is 5.75 Å². The number of ketones is 1. The van der Waals surface area contributed by atoms with Gasteiger partial charge in [0.1, 0.15) is 10.6 Å². The first-order valence-corrected chi connectivity index (χ1v) is 5.99. The molecule has 92 valence electrons. The molecule has 1 aliphatic heterocycles. The van der Waals surface area contributed by atoms with Gasteiger partial charge in [0, 0.05) is 24.2 Å². The van der Waals surface area contributed by atoms with E-state index < -0.39 is 4.92 Å². The summed E-state index contributed by atoms with van der Waals surface area (Å²) in [5, 5.41) is 28.8. The quantitative estimate of drug-likeness (QED) is 0.649. The molecule has 0 fully saturated rings. The number of phenolic OH excluding ortho intramolecular Hbond substituents is 1. The summed E-state index contributed by atoms with van der Waals surface area (Å²) >= 11 is 1.11. The number of nitro benzene ring substituents is 1. The van der Waals surface area contributed by atoms with Crippen molar-refractivity contribution in [1.29, 1.82) is 5.26 Å². The third-order valence-corrected chi connectivity index (χ3v) is 3.92. The van der Waals surface area contributed by atoms with Crippen molar-refractivity contribution in [2.75, 3.05) is 0 Å². The first-order valence-electron chi connectivity index (χ1n) is 5.11. The van der Waals surface area contributed by atoms with Crippen LogP contribution in [0, 0.1) is 21.4 Å².